The van der Waals surface area contributed by atoms with Crippen LogP contribution in [-0.2, 0) is 16.8 Å². The van der Waals surface area contributed by atoms with Crippen molar-refractivity contribution in [1.29, 1.82) is 0 Å². The van der Waals surface area contributed by atoms with Gasteiger partial charge in [-0.1, -0.05) is 6.07 Å². The molecule has 9 heteroatoms. The van der Waals surface area contributed by atoms with E-state index in [4.69, 9.17) is 10.5 Å². The second-order valence-electron chi connectivity index (χ2n) is 8.62. The molecule has 2 aliphatic heterocycles. The topological polar surface area (TPSA) is 93.7 Å². The standard InChI is InChI=1S/C24H21F2N5O2/c1-23(11-16-7-6-15(25)12-29-16)13-24(21(32)31(2)22(27)30-24)18-10-14(5-8-19(18)33-23)17-4-3-9-28-20(17)26/h3-10,12H,11,13H2,1-2H3,(H2,27,30)/t23-,24?/m1/s1. The second-order valence-corrected chi connectivity index (χ2v) is 8.62. The lowest BCUT2D eigenvalue weighted by Crippen LogP contribution is -2.51. The summed E-state index contributed by atoms with van der Waals surface area (Å²) in [6.45, 7) is 1.86. The van der Waals surface area contributed by atoms with E-state index in [0.717, 1.165) is 6.20 Å². The molecule has 168 valence electrons. The van der Waals surface area contributed by atoms with Crippen LogP contribution in [0.2, 0.25) is 0 Å². The minimum absolute atomic E-state index is 0.0908. The summed E-state index contributed by atoms with van der Waals surface area (Å²) in [6.07, 6.45) is 3.01. The van der Waals surface area contributed by atoms with Gasteiger partial charge in [0.15, 0.2) is 11.5 Å². The van der Waals surface area contributed by atoms with Crippen LogP contribution in [0, 0.1) is 11.8 Å². The molecule has 1 spiro atoms. The summed E-state index contributed by atoms with van der Waals surface area (Å²) in [4.78, 5) is 27.2. The number of pyridine rings is 2. The number of amides is 1. The maximum absolute atomic E-state index is 14.4. The average Bonchev–Trinajstić information content (AvgIpc) is 2.99. The molecule has 2 N–H and O–H groups in total. The molecule has 3 aromatic rings. The predicted molar refractivity (Wildman–Crippen MR) is 117 cm³/mol. The van der Waals surface area contributed by atoms with Gasteiger partial charge in [-0.15, -0.1) is 0 Å². The number of carbonyl (C=O) groups excluding carboxylic acids is 1. The van der Waals surface area contributed by atoms with Crippen LogP contribution >= 0.6 is 0 Å². The van der Waals surface area contributed by atoms with Crippen molar-refractivity contribution in [2.45, 2.75) is 30.9 Å². The summed E-state index contributed by atoms with van der Waals surface area (Å²) in [5.74, 6) is -0.817. The van der Waals surface area contributed by atoms with E-state index in [0.29, 0.717) is 34.6 Å². The quantitative estimate of drug-likeness (QED) is 0.620. The number of nitrogens with zero attached hydrogens (tertiary/aromatic N) is 4. The number of benzene rings is 1. The third kappa shape index (κ3) is 3.40. The van der Waals surface area contributed by atoms with Crippen molar-refractivity contribution < 1.29 is 18.3 Å². The van der Waals surface area contributed by atoms with Gasteiger partial charge in [0, 0.05) is 42.9 Å². The molecular formula is C24H21F2N5O2. The number of aromatic nitrogens is 2. The first-order valence-electron chi connectivity index (χ1n) is 10.4. The van der Waals surface area contributed by atoms with Crippen molar-refractivity contribution in [1.82, 2.24) is 14.9 Å². The fourth-order valence-electron chi connectivity index (χ4n) is 4.63. The Morgan fingerprint density at radius 1 is 1.18 bits per heavy atom. The van der Waals surface area contributed by atoms with Gasteiger partial charge >= 0.3 is 0 Å². The van der Waals surface area contributed by atoms with Crippen LogP contribution in [-0.4, -0.2) is 39.4 Å². The number of nitrogens with two attached hydrogens (primary N) is 1. The van der Waals surface area contributed by atoms with E-state index in [2.05, 4.69) is 15.0 Å². The van der Waals surface area contributed by atoms with Gasteiger partial charge in [-0.25, -0.2) is 14.4 Å². The second kappa shape index (κ2) is 7.33. The fourth-order valence-corrected chi connectivity index (χ4v) is 4.63. The average molecular weight is 449 g/mol. The molecule has 2 aromatic heterocycles. The molecular weight excluding hydrogens is 428 g/mol. The Morgan fingerprint density at radius 2 is 2.00 bits per heavy atom. The van der Waals surface area contributed by atoms with Crippen LogP contribution in [0.3, 0.4) is 0 Å². The van der Waals surface area contributed by atoms with E-state index in [1.807, 2.05) is 6.92 Å². The van der Waals surface area contributed by atoms with E-state index in [-0.39, 0.29) is 18.3 Å². The first-order chi connectivity index (χ1) is 15.7. The van der Waals surface area contributed by atoms with E-state index >= 15 is 0 Å². The molecule has 1 aromatic carbocycles. The van der Waals surface area contributed by atoms with Crippen LogP contribution in [0.5, 0.6) is 5.75 Å². The monoisotopic (exact) mass is 449 g/mol. The molecule has 0 radical (unpaired) electrons. The van der Waals surface area contributed by atoms with Gasteiger partial charge in [0.05, 0.1) is 6.20 Å². The largest absolute Gasteiger partial charge is 0.487 e. The summed E-state index contributed by atoms with van der Waals surface area (Å²) in [5.41, 5.74) is 5.79. The zero-order valence-corrected chi connectivity index (χ0v) is 18.0. The third-order valence-corrected chi connectivity index (χ3v) is 6.13. The number of guanidine groups is 1. The molecule has 2 atom stereocenters. The molecule has 2 aliphatic rings. The zero-order valence-electron chi connectivity index (χ0n) is 18.0. The Morgan fingerprint density at radius 3 is 2.67 bits per heavy atom. The van der Waals surface area contributed by atoms with Crippen molar-refractivity contribution in [2.75, 3.05) is 7.05 Å². The number of halogens is 2. The molecule has 1 amide bonds. The highest BCUT2D eigenvalue weighted by atomic mass is 19.1. The number of likely N-dealkylation sites (N-methyl/N-ethyl adjacent to an activating group) is 1. The van der Waals surface area contributed by atoms with Crippen LogP contribution in [0.15, 0.2) is 59.9 Å². The summed E-state index contributed by atoms with van der Waals surface area (Å²) >= 11 is 0. The van der Waals surface area contributed by atoms with Gasteiger partial charge < -0.3 is 10.5 Å². The maximum Gasteiger partial charge on any atom is 0.261 e. The smallest absolute Gasteiger partial charge is 0.261 e. The van der Waals surface area contributed by atoms with Gasteiger partial charge in [0.25, 0.3) is 5.91 Å². The number of fused-ring (bicyclic) bond motifs is 2. The van der Waals surface area contributed by atoms with Gasteiger partial charge in [0.2, 0.25) is 5.95 Å². The van der Waals surface area contributed by atoms with Gasteiger partial charge in [0.1, 0.15) is 17.2 Å². The highest BCUT2D eigenvalue weighted by Crippen LogP contribution is 2.50. The number of rotatable bonds is 3. The van der Waals surface area contributed by atoms with Gasteiger partial charge in [-0.05, 0) is 48.9 Å². The number of carbonyl (C=O) groups is 1. The number of aliphatic imine (C=N–C) groups is 1. The normalized spacial score (nSPS) is 23.9. The molecule has 0 fully saturated rings. The van der Waals surface area contributed by atoms with Crippen molar-refractivity contribution in [3.05, 3.63) is 77.9 Å². The Balaban J connectivity index is 1.64. The van der Waals surface area contributed by atoms with E-state index < -0.39 is 22.9 Å². The lowest BCUT2D eigenvalue weighted by atomic mass is 9.74. The summed E-state index contributed by atoms with van der Waals surface area (Å²) in [5, 5.41) is 0. The Labute approximate surface area is 188 Å². The summed E-state index contributed by atoms with van der Waals surface area (Å²) in [7, 11) is 1.56. The lowest BCUT2D eigenvalue weighted by molar-refractivity contribution is -0.133. The lowest BCUT2D eigenvalue weighted by Gasteiger charge is -2.43. The van der Waals surface area contributed by atoms with Crippen LogP contribution < -0.4 is 10.5 Å². The molecule has 0 aliphatic carbocycles. The van der Waals surface area contributed by atoms with Crippen molar-refractivity contribution in [3.63, 3.8) is 0 Å². The van der Waals surface area contributed by atoms with E-state index in [1.54, 1.807) is 43.4 Å². The molecule has 1 unspecified atom stereocenters. The minimum Gasteiger partial charge on any atom is -0.487 e. The highest BCUT2D eigenvalue weighted by Gasteiger charge is 2.56. The summed E-state index contributed by atoms with van der Waals surface area (Å²) < 4.78 is 34.1. The Hall–Kier alpha value is -3.88. The molecule has 33 heavy (non-hydrogen) atoms. The molecule has 0 saturated carbocycles. The van der Waals surface area contributed by atoms with Crippen molar-refractivity contribution >= 4 is 11.9 Å². The van der Waals surface area contributed by atoms with E-state index in [9.17, 15) is 13.6 Å². The minimum atomic E-state index is -1.34. The molecule has 0 bridgehead atoms. The molecule has 4 heterocycles. The zero-order chi connectivity index (χ0) is 23.4. The summed E-state index contributed by atoms with van der Waals surface area (Å²) in [6, 6.07) is 11.3. The molecule has 0 saturated heterocycles. The van der Waals surface area contributed by atoms with Crippen LogP contribution in [0.4, 0.5) is 8.78 Å². The van der Waals surface area contributed by atoms with Crippen LogP contribution in [0.1, 0.15) is 24.6 Å². The fraction of sp³-hybridized carbons (Fsp3) is 0.250. The number of hydrogen-bond donors (Lipinski definition) is 1. The highest BCUT2D eigenvalue weighted by molar-refractivity contribution is 6.07. The first-order valence-corrected chi connectivity index (χ1v) is 10.4. The predicted octanol–water partition coefficient (Wildman–Crippen LogP) is 3.19. The van der Waals surface area contributed by atoms with Crippen molar-refractivity contribution in [3.8, 4) is 16.9 Å². The Bertz CT molecular complexity index is 1300. The third-order valence-electron chi connectivity index (χ3n) is 6.13. The number of ether oxygens (including phenoxy) is 1. The van der Waals surface area contributed by atoms with Crippen LogP contribution in [0.25, 0.3) is 11.1 Å². The van der Waals surface area contributed by atoms with Gasteiger partial charge in [-0.2, -0.15) is 4.39 Å². The molecule has 7 nitrogen and oxygen atoms in total. The van der Waals surface area contributed by atoms with E-state index in [1.165, 1.54) is 17.2 Å². The molecule has 5 rings (SSSR count). The Kier molecular flexibility index (Phi) is 4.66. The first kappa shape index (κ1) is 21.0. The van der Waals surface area contributed by atoms with Gasteiger partial charge in [-0.3, -0.25) is 14.7 Å². The van der Waals surface area contributed by atoms with Crippen molar-refractivity contribution in [2.24, 2.45) is 10.7 Å². The maximum atomic E-state index is 14.4. The number of hydrogen-bond acceptors (Lipinski definition) is 6. The SMILES string of the molecule is CN1C(=O)C2(C[C@@](C)(Cc3ccc(F)cn3)Oc3ccc(-c4cccnc4F)cc32)N=C1N.